The monoisotopic (exact) mass is 444 g/mol. The molecule has 2 atom stereocenters. The van der Waals surface area contributed by atoms with Crippen molar-refractivity contribution in [3.05, 3.63) is 94.3 Å². The Morgan fingerprint density at radius 2 is 1.52 bits per heavy atom. The lowest BCUT2D eigenvalue weighted by Gasteiger charge is -2.43. The van der Waals surface area contributed by atoms with Crippen LogP contribution in [0.15, 0.2) is 60.7 Å². The number of carbonyl (C=O) groups is 1. The molecule has 0 radical (unpaired) electrons. The largest absolute Gasteiger partial charge is 0.450 e. The predicted molar refractivity (Wildman–Crippen MR) is 130 cm³/mol. The molecule has 5 rings (SSSR count). The van der Waals surface area contributed by atoms with Gasteiger partial charge in [-0.2, -0.15) is 0 Å². The molecule has 1 N–H and O–H groups in total. The SMILES string of the molecule is CCOC(=O)Nc1cc2c3c(c1)C(c1ccc(F)cc1)CCN3CCC2c1ccc(C)cc1. The molecule has 1 amide bonds. The standard InChI is InChI=1S/C28H29FN2O2/c1-3-33-28(32)30-22-16-25-23(19-6-4-18(2)5-7-19)12-14-31-15-13-24(26(17-22)27(25)31)20-8-10-21(29)11-9-20/h4-11,16-17,23-24H,3,12-15H2,1-2H3,(H,30,32). The third-order valence-corrected chi connectivity index (χ3v) is 6.89. The lowest BCUT2D eigenvalue weighted by molar-refractivity contribution is 0.168. The van der Waals surface area contributed by atoms with Crippen molar-refractivity contribution in [2.45, 2.75) is 38.5 Å². The van der Waals surface area contributed by atoms with E-state index in [1.165, 1.54) is 40.1 Å². The zero-order valence-corrected chi connectivity index (χ0v) is 19.1. The minimum atomic E-state index is -0.446. The molecule has 2 aliphatic rings. The van der Waals surface area contributed by atoms with Crippen molar-refractivity contribution in [1.82, 2.24) is 0 Å². The van der Waals surface area contributed by atoms with Gasteiger partial charge in [0, 0.05) is 36.3 Å². The Morgan fingerprint density at radius 3 is 2.06 bits per heavy atom. The number of carbonyl (C=O) groups excluding carboxylic acids is 1. The quantitative estimate of drug-likeness (QED) is 0.494. The van der Waals surface area contributed by atoms with Crippen molar-refractivity contribution < 1.29 is 13.9 Å². The predicted octanol–water partition coefficient (Wildman–Crippen LogP) is 6.58. The van der Waals surface area contributed by atoms with E-state index in [1.807, 2.05) is 12.1 Å². The minimum absolute atomic E-state index is 0.149. The third kappa shape index (κ3) is 4.20. The highest BCUT2D eigenvalue weighted by Gasteiger charge is 2.35. The fraction of sp³-hybridized carbons (Fsp3) is 0.321. The third-order valence-electron chi connectivity index (χ3n) is 6.89. The van der Waals surface area contributed by atoms with E-state index in [0.717, 1.165) is 37.2 Å². The summed E-state index contributed by atoms with van der Waals surface area (Å²) in [4.78, 5) is 14.7. The van der Waals surface area contributed by atoms with Crippen LogP contribution >= 0.6 is 0 Å². The van der Waals surface area contributed by atoms with E-state index in [1.54, 1.807) is 6.92 Å². The fourth-order valence-corrected chi connectivity index (χ4v) is 5.34. The van der Waals surface area contributed by atoms with Gasteiger partial charge in [0.05, 0.1) is 6.61 Å². The van der Waals surface area contributed by atoms with Gasteiger partial charge in [0.25, 0.3) is 0 Å². The summed E-state index contributed by atoms with van der Waals surface area (Å²) in [5.74, 6) is 0.179. The maximum Gasteiger partial charge on any atom is 0.411 e. The summed E-state index contributed by atoms with van der Waals surface area (Å²) in [7, 11) is 0. The second-order valence-electron chi connectivity index (χ2n) is 8.98. The van der Waals surface area contributed by atoms with Crippen LogP contribution in [0.1, 0.15) is 59.4 Å². The van der Waals surface area contributed by atoms with Crippen LogP contribution < -0.4 is 10.2 Å². The highest BCUT2D eigenvalue weighted by molar-refractivity contribution is 5.86. The Morgan fingerprint density at radius 1 is 0.970 bits per heavy atom. The van der Waals surface area contributed by atoms with E-state index >= 15 is 0 Å². The number of amides is 1. The maximum absolute atomic E-state index is 13.6. The number of hydrogen-bond donors (Lipinski definition) is 1. The molecular formula is C28H29FN2O2. The van der Waals surface area contributed by atoms with E-state index < -0.39 is 6.09 Å². The first kappa shape index (κ1) is 21.5. The van der Waals surface area contributed by atoms with Gasteiger partial charge in [-0.15, -0.1) is 0 Å². The number of rotatable bonds is 4. The van der Waals surface area contributed by atoms with Crippen LogP contribution in [0.2, 0.25) is 0 Å². The highest BCUT2D eigenvalue weighted by Crippen LogP contribution is 2.49. The second-order valence-corrected chi connectivity index (χ2v) is 8.98. The van der Waals surface area contributed by atoms with Crippen molar-refractivity contribution in [3.63, 3.8) is 0 Å². The summed E-state index contributed by atoms with van der Waals surface area (Å²) in [5, 5.41) is 2.93. The number of benzene rings is 3. The van der Waals surface area contributed by atoms with Crippen molar-refractivity contribution >= 4 is 17.5 Å². The zero-order chi connectivity index (χ0) is 22.9. The molecule has 0 aliphatic carbocycles. The van der Waals surface area contributed by atoms with Crippen molar-refractivity contribution in [1.29, 1.82) is 0 Å². The Balaban J connectivity index is 1.64. The number of anilines is 2. The number of ether oxygens (including phenoxy) is 1. The van der Waals surface area contributed by atoms with Crippen LogP contribution in [-0.4, -0.2) is 25.8 Å². The second kappa shape index (κ2) is 8.89. The molecule has 5 heteroatoms. The number of nitrogens with one attached hydrogen (secondary N) is 1. The Kier molecular flexibility index (Phi) is 5.79. The topological polar surface area (TPSA) is 41.6 Å². The van der Waals surface area contributed by atoms with E-state index in [2.05, 4.69) is 53.5 Å². The fourth-order valence-electron chi connectivity index (χ4n) is 5.34. The zero-order valence-electron chi connectivity index (χ0n) is 19.1. The molecule has 0 saturated carbocycles. The smallest absolute Gasteiger partial charge is 0.411 e. The van der Waals surface area contributed by atoms with Gasteiger partial charge in [-0.25, -0.2) is 9.18 Å². The first-order valence-electron chi connectivity index (χ1n) is 11.7. The van der Waals surface area contributed by atoms with Gasteiger partial charge in [-0.3, -0.25) is 5.32 Å². The van der Waals surface area contributed by atoms with E-state index in [-0.39, 0.29) is 17.7 Å². The molecule has 0 bridgehead atoms. The van der Waals surface area contributed by atoms with Crippen LogP contribution in [0.3, 0.4) is 0 Å². The molecule has 2 unspecified atom stereocenters. The first-order valence-corrected chi connectivity index (χ1v) is 11.7. The molecule has 0 saturated heterocycles. The van der Waals surface area contributed by atoms with Gasteiger partial charge in [0.1, 0.15) is 5.82 Å². The average molecular weight is 445 g/mol. The molecule has 2 aliphatic heterocycles. The van der Waals surface area contributed by atoms with Crippen molar-refractivity contribution in [3.8, 4) is 0 Å². The summed E-state index contributed by atoms with van der Waals surface area (Å²) in [5.41, 5.74) is 8.07. The van der Waals surface area contributed by atoms with Crippen LogP contribution in [0.4, 0.5) is 20.6 Å². The molecule has 170 valence electrons. The highest BCUT2D eigenvalue weighted by atomic mass is 19.1. The number of nitrogens with zero attached hydrogens (tertiary/aromatic N) is 1. The summed E-state index contributed by atoms with van der Waals surface area (Å²) in [6, 6.07) is 19.8. The molecule has 0 fully saturated rings. The normalized spacial score (nSPS) is 19.1. The molecule has 0 aromatic heterocycles. The number of hydrogen-bond acceptors (Lipinski definition) is 3. The first-order chi connectivity index (χ1) is 16.0. The summed E-state index contributed by atoms with van der Waals surface area (Å²) >= 11 is 0. The molecule has 4 nitrogen and oxygen atoms in total. The van der Waals surface area contributed by atoms with Gasteiger partial charge in [0.15, 0.2) is 0 Å². The lowest BCUT2D eigenvalue weighted by atomic mass is 9.76. The van der Waals surface area contributed by atoms with Gasteiger partial charge in [-0.05, 0) is 73.2 Å². The van der Waals surface area contributed by atoms with E-state index in [4.69, 9.17) is 4.74 Å². The molecule has 0 spiro atoms. The molecule has 2 heterocycles. The number of halogens is 1. The molecular weight excluding hydrogens is 415 g/mol. The molecule has 3 aromatic rings. The summed E-state index contributed by atoms with van der Waals surface area (Å²) < 4.78 is 18.8. The van der Waals surface area contributed by atoms with E-state index in [9.17, 15) is 9.18 Å². The van der Waals surface area contributed by atoms with Gasteiger partial charge in [-0.1, -0.05) is 42.0 Å². The van der Waals surface area contributed by atoms with Crippen LogP contribution in [0.25, 0.3) is 0 Å². The minimum Gasteiger partial charge on any atom is -0.450 e. The van der Waals surface area contributed by atoms with Gasteiger partial charge < -0.3 is 9.64 Å². The summed E-state index contributed by atoms with van der Waals surface area (Å²) in [6.07, 6.45) is 1.54. The number of aryl methyl sites for hydroxylation is 1. The van der Waals surface area contributed by atoms with Crippen LogP contribution in [0.5, 0.6) is 0 Å². The lowest BCUT2D eigenvalue weighted by Crippen LogP contribution is -2.37. The van der Waals surface area contributed by atoms with Crippen LogP contribution in [-0.2, 0) is 4.74 Å². The summed E-state index contributed by atoms with van der Waals surface area (Å²) in [6.45, 7) is 6.19. The molecule has 33 heavy (non-hydrogen) atoms. The van der Waals surface area contributed by atoms with Gasteiger partial charge in [0.2, 0.25) is 0 Å². The Bertz CT molecular complexity index is 1080. The van der Waals surface area contributed by atoms with Crippen molar-refractivity contribution in [2.24, 2.45) is 0 Å². The van der Waals surface area contributed by atoms with E-state index in [0.29, 0.717) is 6.61 Å². The van der Waals surface area contributed by atoms with Crippen molar-refractivity contribution in [2.75, 3.05) is 29.9 Å². The average Bonchev–Trinajstić information content (AvgIpc) is 2.81. The maximum atomic E-state index is 13.6. The van der Waals surface area contributed by atoms with Gasteiger partial charge >= 0.3 is 6.09 Å². The molecule has 3 aromatic carbocycles. The Hall–Kier alpha value is -3.34. The van der Waals surface area contributed by atoms with Crippen LogP contribution in [0, 0.1) is 12.7 Å². The Labute approximate surface area is 194 Å².